The standard InChI is InChI=1S/C21H30F2O2/c1-12(24)17-5-6-18-16-4-3-13-11-21(25,19(22)23)10-8-14(13)15(16)7-9-20(17,18)2/h3,14-19,25H,4-11H2,1-2H3/t14-,15+,16+,17+,18-,20+,21+/m0/s1. The normalized spacial score (nSPS) is 49.2. The number of allylic oxidation sites excluding steroid dienone is 1. The van der Waals surface area contributed by atoms with Crippen LogP contribution < -0.4 is 0 Å². The second kappa shape index (κ2) is 5.87. The summed E-state index contributed by atoms with van der Waals surface area (Å²) in [6.07, 6.45) is 5.87. The fraction of sp³-hybridized carbons (Fsp3) is 0.857. The van der Waals surface area contributed by atoms with E-state index in [0.29, 0.717) is 35.9 Å². The molecule has 7 atom stereocenters. The first-order chi connectivity index (χ1) is 11.8. The highest BCUT2D eigenvalue weighted by Crippen LogP contribution is 2.63. The average Bonchev–Trinajstić information content (AvgIpc) is 2.91. The lowest BCUT2D eigenvalue weighted by Crippen LogP contribution is -2.49. The molecule has 0 amide bonds. The highest BCUT2D eigenvalue weighted by atomic mass is 19.3. The van der Waals surface area contributed by atoms with Crippen LogP contribution >= 0.6 is 0 Å². The Labute approximate surface area is 149 Å². The second-order valence-corrected chi connectivity index (χ2v) is 9.46. The summed E-state index contributed by atoms with van der Waals surface area (Å²) >= 11 is 0. The lowest BCUT2D eigenvalue weighted by molar-refractivity contribution is -0.128. The number of halogens is 2. The summed E-state index contributed by atoms with van der Waals surface area (Å²) in [6.45, 7) is 4.07. The van der Waals surface area contributed by atoms with E-state index >= 15 is 0 Å². The van der Waals surface area contributed by atoms with Crippen LogP contribution in [-0.2, 0) is 4.79 Å². The maximum Gasteiger partial charge on any atom is 0.267 e. The van der Waals surface area contributed by atoms with Crippen molar-refractivity contribution < 1.29 is 18.7 Å². The Morgan fingerprint density at radius 1 is 1.20 bits per heavy atom. The monoisotopic (exact) mass is 352 g/mol. The van der Waals surface area contributed by atoms with Crippen LogP contribution in [0.25, 0.3) is 0 Å². The van der Waals surface area contributed by atoms with Crippen LogP contribution in [0.1, 0.15) is 65.2 Å². The Morgan fingerprint density at radius 2 is 1.96 bits per heavy atom. The highest BCUT2D eigenvalue weighted by Gasteiger charge is 2.57. The minimum Gasteiger partial charge on any atom is -0.384 e. The zero-order valence-corrected chi connectivity index (χ0v) is 15.3. The lowest BCUT2D eigenvalue weighted by Gasteiger charge is -2.54. The number of hydrogen-bond donors (Lipinski definition) is 1. The van der Waals surface area contributed by atoms with Gasteiger partial charge in [-0.3, -0.25) is 4.79 Å². The molecule has 0 aliphatic heterocycles. The summed E-state index contributed by atoms with van der Waals surface area (Å²) in [5.74, 6) is 2.67. The number of aliphatic hydroxyl groups is 1. The molecule has 1 N–H and O–H groups in total. The number of ketones is 1. The summed E-state index contributed by atoms with van der Waals surface area (Å²) < 4.78 is 26.5. The van der Waals surface area contributed by atoms with E-state index < -0.39 is 12.0 Å². The van der Waals surface area contributed by atoms with Crippen LogP contribution in [0.5, 0.6) is 0 Å². The van der Waals surface area contributed by atoms with Crippen LogP contribution in [0.2, 0.25) is 0 Å². The molecule has 0 radical (unpaired) electrons. The van der Waals surface area contributed by atoms with Gasteiger partial charge in [-0.2, -0.15) is 0 Å². The summed E-state index contributed by atoms with van der Waals surface area (Å²) in [5.41, 5.74) is -0.595. The van der Waals surface area contributed by atoms with E-state index in [9.17, 15) is 18.7 Å². The van der Waals surface area contributed by atoms with E-state index in [1.807, 2.05) is 0 Å². The summed E-state index contributed by atoms with van der Waals surface area (Å²) in [7, 11) is 0. The van der Waals surface area contributed by atoms with Crippen molar-refractivity contribution in [1.82, 2.24) is 0 Å². The zero-order chi connectivity index (χ0) is 18.0. The molecule has 25 heavy (non-hydrogen) atoms. The maximum absolute atomic E-state index is 13.2. The summed E-state index contributed by atoms with van der Waals surface area (Å²) in [4.78, 5) is 12.1. The Balaban J connectivity index is 1.58. The fourth-order valence-corrected chi connectivity index (χ4v) is 7.17. The molecule has 3 saturated carbocycles. The first-order valence-corrected chi connectivity index (χ1v) is 9.96. The van der Waals surface area contributed by atoms with Gasteiger partial charge in [-0.25, -0.2) is 8.78 Å². The molecule has 0 aromatic carbocycles. The van der Waals surface area contributed by atoms with Crippen molar-refractivity contribution in [3.05, 3.63) is 11.6 Å². The van der Waals surface area contributed by atoms with Gasteiger partial charge in [-0.15, -0.1) is 0 Å². The van der Waals surface area contributed by atoms with Crippen LogP contribution in [0.4, 0.5) is 8.78 Å². The molecule has 4 rings (SSSR count). The number of fused-ring (bicyclic) bond motifs is 5. The van der Waals surface area contributed by atoms with E-state index in [1.54, 1.807) is 6.92 Å². The molecular weight excluding hydrogens is 322 g/mol. The number of hydrogen-bond acceptors (Lipinski definition) is 2. The van der Waals surface area contributed by atoms with Gasteiger partial charge in [-0.05, 0) is 81.0 Å². The Hall–Kier alpha value is -0.770. The third-order valence-corrected chi connectivity index (χ3v) is 8.43. The van der Waals surface area contributed by atoms with Gasteiger partial charge in [0.15, 0.2) is 0 Å². The van der Waals surface area contributed by atoms with Crippen molar-refractivity contribution in [1.29, 1.82) is 0 Å². The molecule has 4 aliphatic carbocycles. The van der Waals surface area contributed by atoms with Crippen LogP contribution in [0.15, 0.2) is 11.6 Å². The van der Waals surface area contributed by atoms with Gasteiger partial charge in [0, 0.05) is 12.3 Å². The SMILES string of the molecule is CC(=O)[C@H]1CC[C@H]2[C@@H]3CC=C4C[C@@](O)(C(F)F)CC[C@@H]4[C@H]3CC[C@]12C. The molecule has 0 aromatic rings. The Kier molecular flexibility index (Phi) is 4.14. The summed E-state index contributed by atoms with van der Waals surface area (Å²) in [6, 6.07) is 0. The fourth-order valence-electron chi connectivity index (χ4n) is 7.17. The molecule has 0 heterocycles. The topological polar surface area (TPSA) is 37.3 Å². The predicted octanol–water partition coefficient (Wildman–Crippen LogP) is 4.76. The largest absolute Gasteiger partial charge is 0.384 e. The predicted molar refractivity (Wildman–Crippen MR) is 92.2 cm³/mol. The van der Waals surface area contributed by atoms with Gasteiger partial charge in [0.05, 0.1) is 0 Å². The molecule has 0 saturated heterocycles. The van der Waals surface area contributed by atoms with E-state index in [2.05, 4.69) is 13.0 Å². The average molecular weight is 352 g/mol. The van der Waals surface area contributed by atoms with E-state index in [-0.39, 0.29) is 24.2 Å². The van der Waals surface area contributed by atoms with Crippen molar-refractivity contribution in [3.63, 3.8) is 0 Å². The highest BCUT2D eigenvalue weighted by molar-refractivity contribution is 5.79. The van der Waals surface area contributed by atoms with Gasteiger partial charge in [-0.1, -0.05) is 18.6 Å². The molecule has 4 heteroatoms. The first-order valence-electron chi connectivity index (χ1n) is 9.96. The first kappa shape index (κ1) is 17.6. The third kappa shape index (κ3) is 2.54. The molecule has 0 spiro atoms. The molecular formula is C21H30F2O2. The third-order valence-electron chi connectivity index (χ3n) is 8.43. The van der Waals surface area contributed by atoms with Crippen LogP contribution in [0.3, 0.4) is 0 Å². The van der Waals surface area contributed by atoms with Gasteiger partial charge in [0.1, 0.15) is 11.4 Å². The molecule has 0 aromatic heterocycles. The quantitative estimate of drug-likeness (QED) is 0.728. The molecule has 4 aliphatic rings. The van der Waals surface area contributed by atoms with Gasteiger partial charge in [0.2, 0.25) is 0 Å². The molecule has 0 unspecified atom stereocenters. The van der Waals surface area contributed by atoms with Crippen molar-refractivity contribution in [3.8, 4) is 0 Å². The van der Waals surface area contributed by atoms with E-state index in [4.69, 9.17) is 0 Å². The molecule has 2 nitrogen and oxygen atoms in total. The van der Waals surface area contributed by atoms with E-state index in [1.165, 1.54) is 0 Å². The maximum atomic E-state index is 13.2. The second-order valence-electron chi connectivity index (χ2n) is 9.46. The minimum absolute atomic E-state index is 0.136. The number of carbonyl (C=O) groups excluding carboxylic acids is 1. The number of alkyl halides is 2. The summed E-state index contributed by atoms with van der Waals surface area (Å²) in [5, 5.41) is 10.2. The van der Waals surface area contributed by atoms with Crippen molar-refractivity contribution >= 4 is 5.78 Å². The molecule has 3 fully saturated rings. The van der Waals surface area contributed by atoms with Gasteiger partial charge < -0.3 is 5.11 Å². The van der Waals surface area contributed by atoms with Gasteiger partial charge >= 0.3 is 0 Å². The Morgan fingerprint density at radius 3 is 2.64 bits per heavy atom. The van der Waals surface area contributed by atoms with Crippen LogP contribution in [-0.4, -0.2) is 22.9 Å². The minimum atomic E-state index is -2.66. The molecule has 0 bridgehead atoms. The number of Topliss-reactive ketones (excluding diaryl/α,β-unsaturated/α-hetero) is 1. The van der Waals surface area contributed by atoms with Crippen LogP contribution in [0, 0.1) is 35.0 Å². The van der Waals surface area contributed by atoms with Crippen molar-refractivity contribution in [2.45, 2.75) is 77.2 Å². The molecule has 140 valence electrons. The van der Waals surface area contributed by atoms with Gasteiger partial charge in [0.25, 0.3) is 6.43 Å². The van der Waals surface area contributed by atoms with E-state index in [0.717, 1.165) is 37.7 Å². The number of carbonyl (C=O) groups is 1. The van der Waals surface area contributed by atoms with Crippen molar-refractivity contribution in [2.75, 3.05) is 0 Å². The smallest absolute Gasteiger partial charge is 0.267 e. The van der Waals surface area contributed by atoms with Crippen molar-refractivity contribution in [2.24, 2.45) is 35.0 Å². The number of rotatable bonds is 2. The lowest BCUT2D eigenvalue weighted by atomic mass is 9.51. The zero-order valence-electron chi connectivity index (χ0n) is 15.3. The Bertz CT molecular complexity index is 601.